The van der Waals surface area contributed by atoms with Gasteiger partial charge in [0.2, 0.25) is 0 Å². The first-order valence-corrected chi connectivity index (χ1v) is 9.00. The second-order valence-corrected chi connectivity index (χ2v) is 7.40. The second-order valence-electron chi connectivity index (χ2n) is 7.40. The number of ether oxygens (including phenoxy) is 2. The fourth-order valence-electron chi connectivity index (χ4n) is 3.93. The Bertz CT molecular complexity index is 966. The summed E-state index contributed by atoms with van der Waals surface area (Å²) in [5.74, 6) is 0.166. The number of rotatable bonds is 4. The van der Waals surface area contributed by atoms with E-state index in [9.17, 15) is 14.4 Å². The van der Waals surface area contributed by atoms with Crippen LogP contribution in [-0.4, -0.2) is 43.1 Å². The molecule has 2 aliphatic rings. The zero-order valence-electron chi connectivity index (χ0n) is 15.4. The molecule has 1 unspecified atom stereocenters. The van der Waals surface area contributed by atoms with Crippen LogP contribution in [-0.2, 0) is 9.53 Å². The Labute approximate surface area is 155 Å². The highest BCUT2D eigenvalue weighted by molar-refractivity contribution is 5.97. The largest absolute Gasteiger partial charge is 0.491 e. The van der Waals surface area contributed by atoms with Crippen molar-refractivity contribution >= 4 is 22.8 Å². The molecule has 1 aromatic heterocycles. The SMILES string of the molecule is COC(=O)C1[C@H]2CN(C(=O)c3cc4ccc(OC(C)C)cc4oc3=O)C[C@@H]12. The molecule has 3 atom stereocenters. The molecule has 1 aliphatic carbocycles. The summed E-state index contributed by atoms with van der Waals surface area (Å²) < 4.78 is 15.7. The summed E-state index contributed by atoms with van der Waals surface area (Å²) in [4.78, 5) is 38.4. The third-order valence-corrected chi connectivity index (χ3v) is 5.26. The van der Waals surface area contributed by atoms with Gasteiger partial charge in [-0.3, -0.25) is 9.59 Å². The molecule has 2 fully saturated rings. The third-order valence-electron chi connectivity index (χ3n) is 5.26. The van der Waals surface area contributed by atoms with E-state index in [-0.39, 0.29) is 41.3 Å². The van der Waals surface area contributed by atoms with Gasteiger partial charge in [-0.1, -0.05) is 0 Å². The van der Waals surface area contributed by atoms with Crippen molar-refractivity contribution in [1.82, 2.24) is 4.90 Å². The number of esters is 1. The average molecular weight is 371 g/mol. The molecule has 27 heavy (non-hydrogen) atoms. The number of benzene rings is 1. The molecule has 2 aromatic rings. The van der Waals surface area contributed by atoms with Crippen LogP contribution < -0.4 is 10.4 Å². The van der Waals surface area contributed by atoms with Gasteiger partial charge in [0.15, 0.2) is 0 Å². The van der Waals surface area contributed by atoms with E-state index >= 15 is 0 Å². The van der Waals surface area contributed by atoms with Gasteiger partial charge in [0.1, 0.15) is 16.9 Å². The van der Waals surface area contributed by atoms with Crippen molar-refractivity contribution in [2.45, 2.75) is 20.0 Å². The van der Waals surface area contributed by atoms with E-state index in [1.807, 2.05) is 13.8 Å². The van der Waals surface area contributed by atoms with Crippen molar-refractivity contribution in [3.05, 3.63) is 40.2 Å². The number of nitrogens with zero attached hydrogens (tertiary/aromatic N) is 1. The number of fused-ring (bicyclic) bond motifs is 2. The van der Waals surface area contributed by atoms with Crippen LogP contribution in [0.5, 0.6) is 5.75 Å². The molecule has 1 amide bonds. The van der Waals surface area contributed by atoms with Crippen LogP contribution in [0.4, 0.5) is 0 Å². The number of likely N-dealkylation sites (tertiary alicyclic amines) is 1. The summed E-state index contributed by atoms with van der Waals surface area (Å²) in [5, 5.41) is 0.658. The molecule has 0 bridgehead atoms. The molecule has 0 N–H and O–H groups in total. The Kier molecular flexibility index (Phi) is 4.17. The Balaban J connectivity index is 1.54. The molecule has 142 valence electrons. The fraction of sp³-hybridized carbons (Fsp3) is 0.450. The van der Waals surface area contributed by atoms with Crippen molar-refractivity contribution in [3.63, 3.8) is 0 Å². The quantitative estimate of drug-likeness (QED) is 0.604. The van der Waals surface area contributed by atoms with E-state index in [0.29, 0.717) is 29.8 Å². The highest BCUT2D eigenvalue weighted by Crippen LogP contribution is 2.52. The van der Waals surface area contributed by atoms with Gasteiger partial charge < -0.3 is 18.8 Å². The molecule has 1 aromatic carbocycles. The van der Waals surface area contributed by atoms with Crippen LogP contribution in [0.2, 0.25) is 0 Å². The van der Waals surface area contributed by atoms with Gasteiger partial charge in [0.05, 0.1) is 19.1 Å². The molecular weight excluding hydrogens is 350 g/mol. The summed E-state index contributed by atoms with van der Waals surface area (Å²) in [6.45, 7) is 4.74. The van der Waals surface area contributed by atoms with Crippen LogP contribution in [0.3, 0.4) is 0 Å². The predicted octanol–water partition coefficient (Wildman–Crippen LogP) is 2.07. The highest BCUT2D eigenvalue weighted by atomic mass is 16.5. The summed E-state index contributed by atoms with van der Waals surface area (Å²) in [5.41, 5.74) is -0.278. The first-order valence-electron chi connectivity index (χ1n) is 9.00. The maximum Gasteiger partial charge on any atom is 0.349 e. The van der Waals surface area contributed by atoms with Crippen LogP contribution in [0, 0.1) is 17.8 Å². The van der Waals surface area contributed by atoms with Gasteiger partial charge in [-0.15, -0.1) is 0 Å². The number of hydrogen-bond acceptors (Lipinski definition) is 6. The topological polar surface area (TPSA) is 86.1 Å². The minimum atomic E-state index is -0.667. The van der Waals surface area contributed by atoms with Crippen molar-refractivity contribution < 1.29 is 23.5 Å². The van der Waals surface area contributed by atoms with Gasteiger partial charge >= 0.3 is 11.6 Å². The lowest BCUT2D eigenvalue weighted by Crippen LogP contribution is -2.35. The summed E-state index contributed by atoms with van der Waals surface area (Å²) in [7, 11) is 1.37. The Morgan fingerprint density at radius 3 is 2.52 bits per heavy atom. The molecule has 0 radical (unpaired) electrons. The third kappa shape index (κ3) is 3.07. The number of carbonyl (C=O) groups excluding carboxylic acids is 2. The summed E-state index contributed by atoms with van der Waals surface area (Å²) >= 11 is 0. The smallest absolute Gasteiger partial charge is 0.349 e. The van der Waals surface area contributed by atoms with Crippen LogP contribution in [0.25, 0.3) is 11.0 Å². The molecule has 7 nitrogen and oxygen atoms in total. The average Bonchev–Trinajstić information content (AvgIpc) is 3.12. The lowest BCUT2D eigenvalue weighted by atomic mass is 10.1. The van der Waals surface area contributed by atoms with E-state index < -0.39 is 5.63 Å². The van der Waals surface area contributed by atoms with Gasteiger partial charge in [-0.05, 0) is 43.9 Å². The van der Waals surface area contributed by atoms with Crippen molar-refractivity contribution in [2.24, 2.45) is 17.8 Å². The Morgan fingerprint density at radius 2 is 1.89 bits per heavy atom. The lowest BCUT2D eigenvalue weighted by molar-refractivity contribution is -0.143. The molecule has 0 spiro atoms. The van der Waals surface area contributed by atoms with Gasteiger partial charge in [-0.2, -0.15) is 0 Å². The Hall–Kier alpha value is -2.83. The van der Waals surface area contributed by atoms with E-state index in [0.717, 1.165) is 0 Å². The molecular formula is C20H21NO6. The number of methoxy groups -OCH3 is 1. The van der Waals surface area contributed by atoms with Crippen LogP contribution >= 0.6 is 0 Å². The van der Waals surface area contributed by atoms with Crippen molar-refractivity contribution in [3.8, 4) is 5.75 Å². The van der Waals surface area contributed by atoms with Gasteiger partial charge in [0, 0.05) is 24.5 Å². The fourth-order valence-corrected chi connectivity index (χ4v) is 3.93. The minimum absolute atomic E-state index is 0.00504. The molecule has 1 aliphatic heterocycles. The Morgan fingerprint density at radius 1 is 1.19 bits per heavy atom. The number of carbonyl (C=O) groups is 2. The van der Waals surface area contributed by atoms with Crippen LogP contribution in [0.15, 0.2) is 33.5 Å². The van der Waals surface area contributed by atoms with Gasteiger partial charge in [0.25, 0.3) is 5.91 Å². The molecule has 4 rings (SSSR count). The first kappa shape index (κ1) is 17.6. The summed E-state index contributed by atoms with van der Waals surface area (Å²) in [6.07, 6.45) is 0.00504. The van der Waals surface area contributed by atoms with Crippen LogP contribution in [0.1, 0.15) is 24.2 Å². The maximum absolute atomic E-state index is 12.8. The second kappa shape index (κ2) is 6.40. The highest BCUT2D eigenvalue weighted by Gasteiger charge is 2.61. The minimum Gasteiger partial charge on any atom is -0.491 e. The number of hydrogen-bond donors (Lipinski definition) is 0. The van der Waals surface area contributed by atoms with E-state index in [1.165, 1.54) is 7.11 Å². The van der Waals surface area contributed by atoms with Crippen molar-refractivity contribution in [2.75, 3.05) is 20.2 Å². The maximum atomic E-state index is 12.8. The zero-order chi connectivity index (χ0) is 19.3. The van der Waals surface area contributed by atoms with E-state index in [2.05, 4.69) is 0 Å². The standard InChI is InChI=1S/C20H21NO6/c1-10(2)26-12-5-4-11-6-13(19(23)27-16(11)7-12)18(22)21-8-14-15(9-21)17(14)20(24)25-3/h4-7,10,14-15,17H,8-9H2,1-3H3/t14-,15+,17?. The summed E-state index contributed by atoms with van der Waals surface area (Å²) in [6, 6.07) is 6.76. The van der Waals surface area contributed by atoms with Crippen molar-refractivity contribution in [1.29, 1.82) is 0 Å². The van der Waals surface area contributed by atoms with Gasteiger partial charge in [-0.25, -0.2) is 4.79 Å². The lowest BCUT2D eigenvalue weighted by Gasteiger charge is -2.19. The predicted molar refractivity (Wildman–Crippen MR) is 96.6 cm³/mol. The van der Waals surface area contributed by atoms with E-state index in [1.54, 1.807) is 29.2 Å². The molecule has 1 saturated carbocycles. The number of amides is 1. The molecule has 7 heteroatoms. The molecule has 2 heterocycles. The zero-order valence-corrected chi connectivity index (χ0v) is 15.4. The number of piperidine rings is 1. The molecule has 1 saturated heterocycles. The first-order chi connectivity index (χ1) is 12.9. The van der Waals surface area contributed by atoms with E-state index in [4.69, 9.17) is 13.9 Å². The normalized spacial score (nSPS) is 23.4. The monoisotopic (exact) mass is 371 g/mol.